The van der Waals surface area contributed by atoms with E-state index >= 15 is 0 Å². The minimum absolute atomic E-state index is 0.0128. The Morgan fingerprint density at radius 2 is 1.12 bits per heavy atom. The molecule has 8 aromatic rings. The van der Waals surface area contributed by atoms with Gasteiger partial charge in [0.25, 0.3) is 5.91 Å². The number of anilines is 4. The lowest BCUT2D eigenvalue weighted by Crippen LogP contribution is -2.48. The van der Waals surface area contributed by atoms with Crippen molar-refractivity contribution in [3.63, 3.8) is 0 Å². The number of hydrogen-bond donors (Lipinski definition) is 4. The number of rotatable bonds is 17. The molecule has 3 aliphatic rings. The number of nitrogens with one attached hydrogen (secondary N) is 4. The van der Waals surface area contributed by atoms with E-state index < -0.39 is 0 Å². The molecule has 0 aliphatic carbocycles. The van der Waals surface area contributed by atoms with Crippen LogP contribution in [0.15, 0.2) is 122 Å². The highest BCUT2D eigenvalue weighted by Gasteiger charge is 2.26. The largest absolute Gasteiger partial charge is 0.379 e. The van der Waals surface area contributed by atoms with Gasteiger partial charge < -0.3 is 35.0 Å². The zero-order valence-corrected chi connectivity index (χ0v) is 41.9. The van der Waals surface area contributed by atoms with Crippen molar-refractivity contribution in [1.82, 2.24) is 59.5 Å². The first-order chi connectivity index (χ1) is 36.9. The molecule has 75 heavy (non-hydrogen) atoms. The van der Waals surface area contributed by atoms with E-state index in [0.717, 1.165) is 148 Å². The molecule has 0 radical (unpaired) electrons. The zero-order valence-electron chi connectivity index (χ0n) is 41.9. The van der Waals surface area contributed by atoms with Crippen LogP contribution in [0.2, 0.25) is 0 Å². The second kappa shape index (κ2) is 24.8. The summed E-state index contributed by atoms with van der Waals surface area (Å²) in [7, 11) is 0. The molecule has 3 saturated heterocycles. The van der Waals surface area contributed by atoms with Crippen LogP contribution in [0.3, 0.4) is 0 Å². The van der Waals surface area contributed by atoms with Crippen molar-refractivity contribution in [2.45, 2.75) is 19.3 Å². The van der Waals surface area contributed by atoms with E-state index in [9.17, 15) is 9.59 Å². The van der Waals surface area contributed by atoms with Gasteiger partial charge in [-0.25, -0.2) is 19.9 Å². The molecule has 4 N–H and O–H groups in total. The summed E-state index contributed by atoms with van der Waals surface area (Å²) in [4.78, 5) is 68.8. The van der Waals surface area contributed by atoms with E-state index in [1.54, 1.807) is 24.8 Å². The van der Waals surface area contributed by atoms with Gasteiger partial charge in [-0.1, -0.05) is 12.1 Å². The van der Waals surface area contributed by atoms with Crippen molar-refractivity contribution < 1.29 is 19.1 Å². The standard InChI is InChI=1S/C30H35N7O3.C26H26N8O/c38-29(17-22(20-36-9-13-39-14-10-36)21-37-11-15-40-16-12-37)28-19-23-18-24(4-5-25(23)34-28)33-30-32-8-6-27(35-30)26-3-1-2-7-31-26;27-9-2-4-12-33-13-15-34(16-14-33)25(35)24-18-19-17-20(6-7-21(19)31-24)30-26-29-11-8-23(32-26)22-5-1-3-10-28-22/h1-8,18-19,22,34H,9-17,20-21H2,(H,32,33,35);1,3,5-8,10-11,17-18,31H,2,4,12-16H2,(H,29,30,32). The van der Waals surface area contributed by atoms with E-state index in [1.807, 2.05) is 102 Å². The lowest BCUT2D eigenvalue weighted by molar-refractivity contribution is 0.0116. The zero-order chi connectivity index (χ0) is 51.2. The van der Waals surface area contributed by atoms with E-state index in [-0.39, 0.29) is 17.6 Å². The van der Waals surface area contributed by atoms with Crippen LogP contribution in [0, 0.1) is 17.2 Å². The summed E-state index contributed by atoms with van der Waals surface area (Å²) < 4.78 is 11.1. The molecule has 11 rings (SSSR count). The number of H-pyrrole nitrogens is 2. The molecule has 1 amide bonds. The number of ether oxygens (including phenoxy) is 2. The monoisotopic (exact) mass is 1010 g/mol. The smallest absolute Gasteiger partial charge is 0.270 e. The van der Waals surface area contributed by atoms with Gasteiger partial charge >= 0.3 is 0 Å². The predicted octanol–water partition coefficient (Wildman–Crippen LogP) is 7.44. The Hall–Kier alpha value is -7.99. The maximum Gasteiger partial charge on any atom is 0.270 e. The number of Topliss-reactive ketones (excluding diaryl/α,β-unsaturated/α-hetero) is 1. The topological polar surface area (TPSA) is 222 Å². The minimum atomic E-state index is 0.0128. The summed E-state index contributed by atoms with van der Waals surface area (Å²) >= 11 is 0. The number of nitrogens with zero attached hydrogens (tertiary/aromatic N) is 11. The van der Waals surface area contributed by atoms with Gasteiger partial charge in [-0.3, -0.25) is 34.3 Å². The van der Waals surface area contributed by atoms with E-state index in [4.69, 9.17) is 14.7 Å². The molecule has 3 aliphatic heterocycles. The third-order valence-electron chi connectivity index (χ3n) is 13.6. The van der Waals surface area contributed by atoms with Gasteiger partial charge in [0.15, 0.2) is 5.78 Å². The van der Waals surface area contributed by atoms with Crippen LogP contribution in [-0.4, -0.2) is 170 Å². The minimum Gasteiger partial charge on any atom is -0.379 e. The fourth-order valence-corrected chi connectivity index (χ4v) is 9.68. The Labute approximate surface area is 435 Å². The molecule has 2 aromatic carbocycles. The summed E-state index contributed by atoms with van der Waals surface area (Å²) in [5, 5.41) is 17.1. The van der Waals surface area contributed by atoms with Crippen molar-refractivity contribution in [2.75, 3.05) is 109 Å². The first kappa shape index (κ1) is 50.5. The fraction of sp³-hybridized carbons (Fsp3) is 0.339. The average molecular weight is 1010 g/mol. The van der Waals surface area contributed by atoms with Crippen LogP contribution in [0.4, 0.5) is 23.3 Å². The summed E-state index contributed by atoms with van der Waals surface area (Å²) in [6.45, 7) is 12.5. The number of aromatic amines is 2. The van der Waals surface area contributed by atoms with Crippen LogP contribution in [0.5, 0.6) is 0 Å². The molecule has 0 atom stereocenters. The Bertz CT molecular complexity index is 3180. The summed E-state index contributed by atoms with van der Waals surface area (Å²) in [5.41, 5.74) is 7.80. The maximum atomic E-state index is 13.5. The number of morpholine rings is 2. The van der Waals surface area contributed by atoms with Crippen LogP contribution >= 0.6 is 0 Å². The lowest BCUT2D eigenvalue weighted by atomic mass is 9.98. The number of fused-ring (bicyclic) bond motifs is 2. The molecule has 0 spiro atoms. The number of piperazine rings is 1. The number of carbonyl (C=O) groups is 2. The number of carbonyl (C=O) groups excluding carboxylic acids is 2. The summed E-state index contributed by atoms with van der Waals surface area (Å²) in [6.07, 6.45) is 8.86. The maximum absolute atomic E-state index is 13.5. The van der Waals surface area contributed by atoms with E-state index in [1.165, 1.54) is 0 Å². The molecule has 19 nitrogen and oxygen atoms in total. The molecular weight excluding hydrogens is 947 g/mol. The molecule has 3 fully saturated rings. The highest BCUT2D eigenvalue weighted by Crippen LogP contribution is 2.27. The number of aromatic nitrogens is 8. The van der Waals surface area contributed by atoms with Gasteiger partial charge in [-0.2, -0.15) is 5.26 Å². The Balaban J connectivity index is 0.000000173. The highest BCUT2D eigenvalue weighted by atomic mass is 16.5. The lowest BCUT2D eigenvalue weighted by Gasteiger charge is -2.34. The summed E-state index contributed by atoms with van der Waals surface area (Å²) in [6, 6.07) is 33.0. The number of unbranched alkanes of at least 4 members (excludes halogenated alkanes) is 1. The molecular formula is C56H61N15O4. The number of amides is 1. The second-order valence-corrected chi connectivity index (χ2v) is 18.9. The van der Waals surface area contributed by atoms with Crippen LogP contribution in [-0.2, 0) is 9.47 Å². The van der Waals surface area contributed by atoms with E-state index in [0.29, 0.717) is 49.2 Å². The van der Waals surface area contributed by atoms with Gasteiger partial charge in [0, 0.05) is 136 Å². The third-order valence-corrected chi connectivity index (χ3v) is 13.6. The predicted molar refractivity (Wildman–Crippen MR) is 288 cm³/mol. The number of benzene rings is 2. The van der Waals surface area contributed by atoms with Crippen molar-refractivity contribution in [1.29, 1.82) is 5.26 Å². The van der Waals surface area contributed by atoms with Gasteiger partial charge in [-0.15, -0.1) is 0 Å². The highest BCUT2D eigenvalue weighted by molar-refractivity contribution is 6.00. The van der Waals surface area contributed by atoms with Crippen LogP contribution in [0.1, 0.15) is 40.2 Å². The number of pyridine rings is 2. The average Bonchev–Trinajstić information content (AvgIpc) is 4.09. The molecule has 384 valence electrons. The molecule has 19 heteroatoms. The van der Waals surface area contributed by atoms with Gasteiger partial charge in [0.1, 0.15) is 5.69 Å². The fourth-order valence-electron chi connectivity index (χ4n) is 9.68. The quantitative estimate of drug-likeness (QED) is 0.0514. The van der Waals surface area contributed by atoms with Gasteiger partial charge in [0.05, 0.1) is 61.0 Å². The van der Waals surface area contributed by atoms with Crippen molar-refractivity contribution in [3.05, 3.63) is 133 Å². The van der Waals surface area contributed by atoms with Crippen molar-refractivity contribution in [2.24, 2.45) is 5.92 Å². The second-order valence-electron chi connectivity index (χ2n) is 18.9. The Morgan fingerprint density at radius 1 is 0.587 bits per heavy atom. The summed E-state index contributed by atoms with van der Waals surface area (Å²) in [5.74, 6) is 1.37. The Kier molecular flexibility index (Phi) is 16.7. The Morgan fingerprint density at radius 3 is 1.64 bits per heavy atom. The van der Waals surface area contributed by atoms with Crippen molar-refractivity contribution in [3.8, 4) is 28.8 Å². The first-order valence-electron chi connectivity index (χ1n) is 25.7. The van der Waals surface area contributed by atoms with Crippen LogP contribution in [0.25, 0.3) is 44.6 Å². The molecule has 0 saturated carbocycles. The number of hydrogen-bond acceptors (Lipinski definition) is 16. The molecule has 9 heterocycles. The normalized spacial score (nSPS) is 15.6. The third kappa shape index (κ3) is 13.6. The molecule has 0 unspecified atom stereocenters. The number of ketones is 1. The van der Waals surface area contributed by atoms with Crippen molar-refractivity contribution >= 4 is 56.8 Å². The first-order valence-corrected chi connectivity index (χ1v) is 25.7. The molecule has 6 aromatic heterocycles. The SMILES string of the molecule is N#CCCCN1CCN(C(=O)c2cc3cc(Nc4nccc(-c5ccccn5)n4)ccc3[nH]2)CC1.O=C(CC(CN1CCOCC1)CN1CCOCC1)c1cc2cc(Nc3nccc(-c4ccccn4)n3)ccc2[nH]1. The van der Waals surface area contributed by atoms with Gasteiger partial charge in [-0.05, 0) is 104 Å². The van der Waals surface area contributed by atoms with E-state index in [2.05, 4.69) is 71.3 Å². The molecule has 0 bridgehead atoms. The van der Waals surface area contributed by atoms with Crippen LogP contribution < -0.4 is 10.6 Å². The van der Waals surface area contributed by atoms with Gasteiger partial charge in [0.2, 0.25) is 11.9 Å². The number of nitriles is 1.